The van der Waals surface area contributed by atoms with Gasteiger partial charge >= 0.3 is 0 Å². The minimum absolute atomic E-state index is 0.0958. The molecule has 1 aliphatic heterocycles. The molecule has 1 aliphatic rings. The van der Waals surface area contributed by atoms with Crippen LogP contribution in [-0.4, -0.2) is 23.1 Å². The summed E-state index contributed by atoms with van der Waals surface area (Å²) in [5.74, 6) is 0. The maximum Gasteiger partial charge on any atom is 0.292 e. The smallest absolute Gasteiger partial charge is 0.292 e. The first-order valence-electron chi connectivity index (χ1n) is 5.85. The highest BCUT2D eigenvalue weighted by atomic mass is 16.6. The predicted octanol–water partition coefficient (Wildman–Crippen LogP) is 2.08. The van der Waals surface area contributed by atoms with E-state index in [1.165, 1.54) is 12.5 Å². The van der Waals surface area contributed by atoms with Crippen molar-refractivity contribution in [2.24, 2.45) is 0 Å². The van der Waals surface area contributed by atoms with Gasteiger partial charge in [-0.2, -0.15) is 0 Å². The second kappa shape index (κ2) is 5.14. The highest BCUT2D eigenvalue weighted by molar-refractivity contribution is 5.64. The summed E-state index contributed by atoms with van der Waals surface area (Å²) in [6.45, 7) is 1.58. The summed E-state index contributed by atoms with van der Waals surface area (Å²) < 4.78 is 0. The van der Waals surface area contributed by atoms with Gasteiger partial charge in [0, 0.05) is 19.2 Å². The van der Waals surface area contributed by atoms with Gasteiger partial charge < -0.3 is 10.0 Å². The molecule has 0 bridgehead atoms. The van der Waals surface area contributed by atoms with E-state index < -0.39 is 0 Å². The highest BCUT2D eigenvalue weighted by Crippen LogP contribution is 2.31. The number of nitro groups is 1. The number of piperidine rings is 1. The summed E-state index contributed by atoms with van der Waals surface area (Å²) in [4.78, 5) is 12.7. The van der Waals surface area contributed by atoms with Crippen LogP contribution < -0.4 is 4.90 Å². The number of nitro benzene ring substituents is 1. The minimum Gasteiger partial charge on any atom is -0.392 e. The quantitative estimate of drug-likeness (QED) is 0.644. The zero-order valence-electron chi connectivity index (χ0n) is 9.63. The van der Waals surface area contributed by atoms with Crippen LogP contribution in [0.3, 0.4) is 0 Å². The van der Waals surface area contributed by atoms with Crippen LogP contribution in [0.1, 0.15) is 24.8 Å². The molecule has 0 aromatic heterocycles. The lowest BCUT2D eigenvalue weighted by molar-refractivity contribution is -0.384. The molecular weight excluding hydrogens is 220 g/mol. The van der Waals surface area contributed by atoms with E-state index in [-0.39, 0.29) is 17.2 Å². The molecule has 1 saturated heterocycles. The molecule has 0 amide bonds. The fourth-order valence-electron chi connectivity index (χ4n) is 2.22. The van der Waals surface area contributed by atoms with E-state index in [1.807, 2.05) is 0 Å². The normalized spacial score (nSPS) is 15.9. The van der Waals surface area contributed by atoms with E-state index >= 15 is 0 Å². The molecule has 1 fully saturated rings. The molecule has 92 valence electrons. The van der Waals surface area contributed by atoms with Crippen LogP contribution in [0.4, 0.5) is 11.4 Å². The summed E-state index contributed by atoms with van der Waals surface area (Å²) in [5.41, 5.74) is 1.35. The number of benzene rings is 1. The fourth-order valence-corrected chi connectivity index (χ4v) is 2.22. The van der Waals surface area contributed by atoms with Crippen molar-refractivity contribution >= 4 is 11.4 Å². The molecule has 1 heterocycles. The van der Waals surface area contributed by atoms with Crippen molar-refractivity contribution in [2.75, 3.05) is 18.0 Å². The summed E-state index contributed by atoms with van der Waals surface area (Å²) >= 11 is 0. The van der Waals surface area contributed by atoms with Gasteiger partial charge in [-0.25, -0.2) is 0 Å². The average molecular weight is 236 g/mol. The molecule has 0 spiro atoms. The predicted molar refractivity (Wildman–Crippen MR) is 65.1 cm³/mol. The Bertz CT molecular complexity index is 414. The van der Waals surface area contributed by atoms with Gasteiger partial charge in [-0.1, -0.05) is 6.07 Å². The first-order valence-corrected chi connectivity index (χ1v) is 5.85. The maximum atomic E-state index is 11.0. The van der Waals surface area contributed by atoms with E-state index in [0.717, 1.165) is 25.9 Å². The largest absolute Gasteiger partial charge is 0.392 e. The van der Waals surface area contributed by atoms with Gasteiger partial charge in [-0.15, -0.1) is 0 Å². The first-order chi connectivity index (χ1) is 8.22. The van der Waals surface area contributed by atoms with Crippen molar-refractivity contribution in [2.45, 2.75) is 25.9 Å². The van der Waals surface area contributed by atoms with Crippen molar-refractivity contribution in [3.05, 3.63) is 33.9 Å². The van der Waals surface area contributed by atoms with Crippen LogP contribution in [0, 0.1) is 10.1 Å². The van der Waals surface area contributed by atoms with Gasteiger partial charge in [0.2, 0.25) is 0 Å². The standard InChI is InChI=1S/C12H16N2O3/c15-9-10-4-5-11(12(8-10)14(16)17)13-6-2-1-3-7-13/h4-5,8,15H,1-3,6-7,9H2. The van der Waals surface area contributed by atoms with Crippen molar-refractivity contribution in [1.82, 2.24) is 0 Å². The third kappa shape index (κ3) is 2.55. The van der Waals surface area contributed by atoms with Crippen LogP contribution in [-0.2, 0) is 6.61 Å². The third-order valence-corrected chi connectivity index (χ3v) is 3.12. The van der Waals surface area contributed by atoms with E-state index in [2.05, 4.69) is 4.90 Å². The van der Waals surface area contributed by atoms with Crippen LogP contribution >= 0.6 is 0 Å². The number of nitrogens with zero attached hydrogens (tertiary/aromatic N) is 2. The van der Waals surface area contributed by atoms with Gasteiger partial charge in [0.05, 0.1) is 11.5 Å². The summed E-state index contributed by atoms with van der Waals surface area (Å²) in [6, 6.07) is 4.95. The molecule has 1 aromatic rings. The molecule has 5 heteroatoms. The molecule has 0 saturated carbocycles. The third-order valence-electron chi connectivity index (χ3n) is 3.12. The molecular formula is C12H16N2O3. The van der Waals surface area contributed by atoms with Crippen molar-refractivity contribution in [3.8, 4) is 0 Å². The maximum absolute atomic E-state index is 11.0. The van der Waals surface area contributed by atoms with E-state index in [9.17, 15) is 10.1 Å². The molecule has 5 nitrogen and oxygen atoms in total. The van der Waals surface area contributed by atoms with E-state index in [4.69, 9.17) is 5.11 Å². The Morgan fingerprint density at radius 2 is 2.00 bits per heavy atom. The Morgan fingerprint density at radius 3 is 2.59 bits per heavy atom. The number of aliphatic hydroxyl groups excluding tert-OH is 1. The molecule has 0 radical (unpaired) electrons. The van der Waals surface area contributed by atoms with Gasteiger partial charge in [0.15, 0.2) is 0 Å². The number of anilines is 1. The van der Waals surface area contributed by atoms with E-state index in [0.29, 0.717) is 11.3 Å². The lowest BCUT2D eigenvalue weighted by Gasteiger charge is -2.28. The SMILES string of the molecule is O=[N+]([O-])c1cc(CO)ccc1N1CCCCC1. The molecule has 1 aromatic carbocycles. The summed E-state index contributed by atoms with van der Waals surface area (Å²) in [7, 11) is 0. The van der Waals surface area contributed by atoms with Gasteiger partial charge in [0.1, 0.15) is 5.69 Å². The Labute approximate surface area is 99.8 Å². The van der Waals surface area contributed by atoms with Gasteiger partial charge in [0.25, 0.3) is 5.69 Å². The Kier molecular flexibility index (Phi) is 3.58. The molecule has 17 heavy (non-hydrogen) atoms. The molecule has 1 N–H and O–H groups in total. The number of hydrogen-bond acceptors (Lipinski definition) is 4. The van der Waals surface area contributed by atoms with Gasteiger partial charge in [-0.3, -0.25) is 10.1 Å². The fraction of sp³-hybridized carbons (Fsp3) is 0.500. The average Bonchev–Trinajstić information content (AvgIpc) is 2.39. The highest BCUT2D eigenvalue weighted by Gasteiger charge is 2.21. The topological polar surface area (TPSA) is 66.6 Å². The number of aliphatic hydroxyl groups is 1. The molecule has 0 atom stereocenters. The van der Waals surface area contributed by atoms with Crippen molar-refractivity contribution in [3.63, 3.8) is 0 Å². The Morgan fingerprint density at radius 1 is 1.29 bits per heavy atom. The lowest BCUT2D eigenvalue weighted by atomic mass is 10.1. The lowest BCUT2D eigenvalue weighted by Crippen LogP contribution is -2.29. The zero-order chi connectivity index (χ0) is 12.3. The van der Waals surface area contributed by atoms with Crippen LogP contribution in [0.2, 0.25) is 0 Å². The zero-order valence-corrected chi connectivity index (χ0v) is 9.63. The monoisotopic (exact) mass is 236 g/mol. The van der Waals surface area contributed by atoms with E-state index in [1.54, 1.807) is 12.1 Å². The molecule has 2 rings (SSSR count). The summed E-state index contributed by atoms with van der Waals surface area (Å²) in [5, 5.41) is 20.0. The Hall–Kier alpha value is -1.62. The first kappa shape index (κ1) is 11.9. The summed E-state index contributed by atoms with van der Waals surface area (Å²) in [6.07, 6.45) is 3.36. The minimum atomic E-state index is -0.372. The van der Waals surface area contributed by atoms with Crippen LogP contribution in [0.25, 0.3) is 0 Å². The molecule has 0 unspecified atom stereocenters. The van der Waals surface area contributed by atoms with Crippen LogP contribution in [0.15, 0.2) is 18.2 Å². The van der Waals surface area contributed by atoms with Crippen molar-refractivity contribution < 1.29 is 10.0 Å². The number of rotatable bonds is 3. The van der Waals surface area contributed by atoms with Crippen molar-refractivity contribution in [1.29, 1.82) is 0 Å². The Balaban J connectivity index is 2.34. The second-order valence-electron chi connectivity index (χ2n) is 4.29. The molecule has 0 aliphatic carbocycles. The number of hydrogen-bond donors (Lipinski definition) is 1. The van der Waals surface area contributed by atoms with Gasteiger partial charge in [-0.05, 0) is 30.9 Å². The second-order valence-corrected chi connectivity index (χ2v) is 4.29. The van der Waals surface area contributed by atoms with Crippen LogP contribution in [0.5, 0.6) is 0 Å².